The van der Waals surface area contributed by atoms with Crippen LogP contribution in [0.15, 0.2) is 36.0 Å². The molecule has 0 saturated carbocycles. The van der Waals surface area contributed by atoms with E-state index in [0.717, 1.165) is 0 Å². The Morgan fingerprint density at radius 3 is 2.31 bits per heavy atom. The Morgan fingerprint density at radius 1 is 1.31 bits per heavy atom. The highest BCUT2D eigenvalue weighted by atomic mass is 16.6. The molecule has 1 N–H and O–H groups in total. The van der Waals surface area contributed by atoms with Crippen LogP contribution in [0.5, 0.6) is 0 Å². The maximum Gasteiger partial charge on any atom is 0.269 e. The van der Waals surface area contributed by atoms with E-state index in [1.165, 1.54) is 25.1 Å². The summed E-state index contributed by atoms with van der Waals surface area (Å²) in [4.78, 5) is 20.7. The zero-order valence-electron chi connectivity index (χ0n) is 9.06. The molecule has 0 aromatic heterocycles. The van der Waals surface area contributed by atoms with Crippen LogP contribution in [0.4, 0.5) is 11.4 Å². The van der Waals surface area contributed by atoms with Crippen LogP contribution in [-0.4, -0.2) is 10.7 Å². The molecule has 0 unspecified atom stereocenters. The topological polar surface area (TPSA) is 72.2 Å². The Kier molecular flexibility index (Phi) is 3.77. The van der Waals surface area contributed by atoms with E-state index in [-0.39, 0.29) is 11.5 Å². The number of benzene rings is 1. The van der Waals surface area contributed by atoms with E-state index >= 15 is 0 Å². The molecule has 1 aromatic rings. The third-order valence-electron chi connectivity index (χ3n) is 1.84. The molecule has 0 spiro atoms. The average molecular weight is 220 g/mol. The summed E-state index contributed by atoms with van der Waals surface area (Å²) >= 11 is 0. The number of nitro benzene ring substituents is 1. The lowest BCUT2D eigenvalue weighted by Gasteiger charge is -2.05. The van der Waals surface area contributed by atoms with E-state index in [0.29, 0.717) is 11.4 Å². The summed E-state index contributed by atoms with van der Waals surface area (Å²) in [6.45, 7) is 3.21. The molecular formula is C11H12N2O3. The van der Waals surface area contributed by atoms with Crippen molar-refractivity contribution in [3.63, 3.8) is 0 Å². The van der Waals surface area contributed by atoms with Gasteiger partial charge in [0.2, 0.25) is 0 Å². The second-order valence-electron chi connectivity index (χ2n) is 3.37. The van der Waals surface area contributed by atoms with Crippen LogP contribution in [-0.2, 0) is 4.79 Å². The molecule has 5 heteroatoms. The first kappa shape index (κ1) is 11.9. The van der Waals surface area contributed by atoms with Gasteiger partial charge in [-0.1, -0.05) is 0 Å². The lowest BCUT2D eigenvalue weighted by molar-refractivity contribution is -0.384. The molecule has 0 amide bonds. The molecule has 5 nitrogen and oxygen atoms in total. The molecule has 0 bridgehead atoms. The number of hydrogen-bond acceptors (Lipinski definition) is 4. The van der Waals surface area contributed by atoms with Crippen LogP contribution >= 0.6 is 0 Å². The molecule has 84 valence electrons. The van der Waals surface area contributed by atoms with E-state index in [1.807, 2.05) is 0 Å². The number of rotatable bonds is 4. The number of carbonyl (C=O) groups is 1. The van der Waals surface area contributed by atoms with Crippen LogP contribution in [0.2, 0.25) is 0 Å². The highest BCUT2D eigenvalue weighted by Crippen LogP contribution is 2.16. The van der Waals surface area contributed by atoms with Crippen molar-refractivity contribution in [2.75, 3.05) is 5.32 Å². The molecule has 1 aromatic carbocycles. The number of ketones is 1. The molecule has 0 aliphatic carbocycles. The quantitative estimate of drug-likeness (QED) is 0.480. The normalized spacial score (nSPS) is 11.0. The van der Waals surface area contributed by atoms with Crippen molar-refractivity contribution in [1.29, 1.82) is 0 Å². The smallest absolute Gasteiger partial charge is 0.269 e. The molecule has 0 heterocycles. The maximum absolute atomic E-state index is 10.8. The number of carbonyl (C=O) groups excluding carboxylic acids is 1. The number of hydrogen-bond donors (Lipinski definition) is 1. The van der Waals surface area contributed by atoms with Crippen molar-refractivity contribution in [3.8, 4) is 0 Å². The Balaban J connectivity index is 2.76. The number of allylic oxidation sites excluding steroid dienone is 2. The summed E-state index contributed by atoms with van der Waals surface area (Å²) in [6, 6.07) is 6.00. The molecule has 16 heavy (non-hydrogen) atoms. The van der Waals surface area contributed by atoms with Crippen molar-refractivity contribution in [3.05, 3.63) is 46.2 Å². The molecule has 0 saturated heterocycles. The summed E-state index contributed by atoms with van der Waals surface area (Å²) in [6.07, 6.45) is 1.46. The largest absolute Gasteiger partial charge is 0.359 e. The molecule has 0 aliphatic heterocycles. The zero-order valence-corrected chi connectivity index (χ0v) is 9.06. The highest BCUT2D eigenvalue weighted by Gasteiger charge is 2.03. The Labute approximate surface area is 92.9 Å². The molecule has 0 atom stereocenters. The van der Waals surface area contributed by atoms with Crippen LogP contribution in [0.1, 0.15) is 13.8 Å². The van der Waals surface area contributed by atoms with Crippen molar-refractivity contribution < 1.29 is 9.72 Å². The lowest BCUT2D eigenvalue weighted by atomic mass is 10.2. The van der Waals surface area contributed by atoms with E-state index in [9.17, 15) is 14.9 Å². The fourth-order valence-electron chi connectivity index (χ4n) is 1.24. The van der Waals surface area contributed by atoms with Crippen LogP contribution in [0, 0.1) is 10.1 Å². The molecule has 0 fully saturated rings. The van der Waals surface area contributed by atoms with Gasteiger partial charge in [0.1, 0.15) is 0 Å². The zero-order chi connectivity index (χ0) is 12.1. The summed E-state index contributed by atoms with van der Waals surface area (Å²) in [5.74, 6) is -0.0492. The first-order valence-electron chi connectivity index (χ1n) is 4.69. The molecule has 0 aliphatic rings. The SMILES string of the molecule is CC(=O)/C=C(\C)Nc1ccc([N+](=O)[O-])cc1. The van der Waals surface area contributed by atoms with Gasteiger partial charge < -0.3 is 5.32 Å². The molecular weight excluding hydrogens is 208 g/mol. The number of non-ortho nitro benzene ring substituents is 1. The third-order valence-corrected chi connectivity index (χ3v) is 1.84. The molecule has 1 rings (SSSR count). The van der Waals surface area contributed by atoms with Gasteiger partial charge in [-0.15, -0.1) is 0 Å². The number of anilines is 1. The first-order chi connectivity index (χ1) is 7.49. The first-order valence-corrected chi connectivity index (χ1v) is 4.69. The minimum Gasteiger partial charge on any atom is -0.359 e. The Bertz CT molecular complexity index is 435. The summed E-state index contributed by atoms with van der Waals surface area (Å²) in [7, 11) is 0. The monoisotopic (exact) mass is 220 g/mol. The second-order valence-corrected chi connectivity index (χ2v) is 3.37. The van der Waals surface area contributed by atoms with Crippen molar-refractivity contribution in [2.24, 2.45) is 0 Å². The minimum atomic E-state index is -0.456. The van der Waals surface area contributed by atoms with Crippen molar-refractivity contribution in [1.82, 2.24) is 0 Å². The fourth-order valence-corrected chi connectivity index (χ4v) is 1.24. The number of nitrogens with zero attached hydrogens (tertiary/aromatic N) is 1. The maximum atomic E-state index is 10.8. The van der Waals surface area contributed by atoms with Gasteiger partial charge in [-0.05, 0) is 32.1 Å². The fraction of sp³-hybridized carbons (Fsp3) is 0.182. The van der Waals surface area contributed by atoms with E-state index < -0.39 is 4.92 Å². The third kappa shape index (κ3) is 3.53. The predicted octanol–water partition coefficient (Wildman–Crippen LogP) is 2.50. The van der Waals surface area contributed by atoms with Gasteiger partial charge in [0.15, 0.2) is 5.78 Å². The van der Waals surface area contributed by atoms with Crippen molar-refractivity contribution >= 4 is 17.2 Å². The van der Waals surface area contributed by atoms with Crippen LogP contribution in [0.25, 0.3) is 0 Å². The highest BCUT2D eigenvalue weighted by molar-refractivity contribution is 5.88. The second kappa shape index (κ2) is 5.06. The van der Waals surface area contributed by atoms with Crippen LogP contribution in [0.3, 0.4) is 0 Å². The summed E-state index contributed by atoms with van der Waals surface area (Å²) in [5.41, 5.74) is 1.45. The average Bonchev–Trinajstić information content (AvgIpc) is 2.16. The van der Waals surface area contributed by atoms with Gasteiger partial charge in [0.25, 0.3) is 5.69 Å². The van der Waals surface area contributed by atoms with Crippen LogP contribution < -0.4 is 5.32 Å². The van der Waals surface area contributed by atoms with E-state index in [2.05, 4.69) is 5.32 Å². The number of nitro groups is 1. The Morgan fingerprint density at radius 2 is 1.88 bits per heavy atom. The van der Waals surface area contributed by atoms with Crippen molar-refractivity contribution in [2.45, 2.75) is 13.8 Å². The standard InChI is InChI=1S/C11H12N2O3/c1-8(7-9(2)14)12-10-3-5-11(6-4-10)13(15)16/h3-7,12H,1-2H3/b8-7+. The summed E-state index contributed by atoms with van der Waals surface area (Å²) in [5, 5.41) is 13.4. The summed E-state index contributed by atoms with van der Waals surface area (Å²) < 4.78 is 0. The molecule has 0 radical (unpaired) electrons. The van der Waals surface area contributed by atoms with Gasteiger partial charge in [0.05, 0.1) is 4.92 Å². The van der Waals surface area contributed by atoms with Gasteiger partial charge in [0, 0.05) is 23.5 Å². The van der Waals surface area contributed by atoms with E-state index in [1.54, 1.807) is 19.1 Å². The number of nitrogens with one attached hydrogen (secondary N) is 1. The predicted molar refractivity (Wildman–Crippen MR) is 61.2 cm³/mol. The Hall–Kier alpha value is -2.17. The van der Waals surface area contributed by atoms with Gasteiger partial charge in [-0.3, -0.25) is 14.9 Å². The van der Waals surface area contributed by atoms with Gasteiger partial charge >= 0.3 is 0 Å². The van der Waals surface area contributed by atoms with E-state index in [4.69, 9.17) is 0 Å². The van der Waals surface area contributed by atoms with Gasteiger partial charge in [-0.25, -0.2) is 0 Å². The lowest BCUT2D eigenvalue weighted by Crippen LogP contribution is -1.98. The minimum absolute atomic E-state index is 0.0405. The van der Waals surface area contributed by atoms with Gasteiger partial charge in [-0.2, -0.15) is 0 Å².